The molecule has 3 unspecified atom stereocenters. The summed E-state index contributed by atoms with van der Waals surface area (Å²) in [6, 6.07) is 94.6. The summed E-state index contributed by atoms with van der Waals surface area (Å²) in [6.07, 6.45) is -0.0652. The highest BCUT2D eigenvalue weighted by molar-refractivity contribution is 5.92. The van der Waals surface area contributed by atoms with Crippen LogP contribution in [-0.4, -0.2) is 0 Å². The van der Waals surface area contributed by atoms with Gasteiger partial charge in [0.15, 0.2) is 0 Å². The number of nitrogens with one attached hydrogen (secondary N) is 1. The first-order valence-electron chi connectivity index (χ1n) is 22.7. The maximum Gasteiger partial charge on any atom is 0.130 e. The minimum Gasteiger partial charge on any atom is -0.359 e. The second kappa shape index (κ2) is 14.7. The van der Waals surface area contributed by atoms with Crippen LogP contribution in [0.1, 0.15) is 56.2 Å². The summed E-state index contributed by atoms with van der Waals surface area (Å²) in [7, 11) is 0. The van der Waals surface area contributed by atoms with E-state index in [0.29, 0.717) is 0 Å². The van der Waals surface area contributed by atoms with Crippen molar-refractivity contribution in [1.29, 1.82) is 0 Å². The Morgan fingerprint density at radius 1 is 0.338 bits per heavy atom. The van der Waals surface area contributed by atoms with Crippen LogP contribution in [0.25, 0.3) is 33.4 Å². The molecule has 2 nitrogen and oxygen atoms in total. The largest absolute Gasteiger partial charge is 0.359 e. The highest BCUT2D eigenvalue weighted by atomic mass is 15.3. The van der Waals surface area contributed by atoms with Gasteiger partial charge in [-0.25, -0.2) is 0 Å². The average Bonchev–Trinajstić information content (AvgIpc) is 3.93. The van der Waals surface area contributed by atoms with Crippen LogP contribution in [0.4, 0.5) is 17.1 Å². The van der Waals surface area contributed by atoms with Crippen LogP contribution in [-0.2, 0) is 10.8 Å². The zero-order valence-corrected chi connectivity index (χ0v) is 35.8. The van der Waals surface area contributed by atoms with Gasteiger partial charge >= 0.3 is 0 Å². The first-order chi connectivity index (χ1) is 32.2. The van der Waals surface area contributed by atoms with E-state index >= 15 is 0 Å². The smallest absolute Gasteiger partial charge is 0.130 e. The molecule has 10 aromatic carbocycles. The van der Waals surface area contributed by atoms with Gasteiger partial charge in [0.2, 0.25) is 0 Å². The number of nitrogens with zero attached hydrogens (tertiary/aromatic N) is 1. The first-order valence-corrected chi connectivity index (χ1v) is 22.7. The van der Waals surface area contributed by atoms with E-state index in [4.69, 9.17) is 0 Å². The molecule has 65 heavy (non-hydrogen) atoms. The van der Waals surface area contributed by atoms with Crippen LogP contribution in [0, 0.1) is 0 Å². The van der Waals surface area contributed by atoms with E-state index in [1.54, 1.807) is 0 Å². The summed E-state index contributed by atoms with van der Waals surface area (Å²) in [4.78, 5) is 2.43. The maximum atomic E-state index is 3.86. The van der Waals surface area contributed by atoms with Crippen LogP contribution >= 0.6 is 0 Å². The normalized spacial score (nSPS) is 18.5. The molecule has 0 radical (unpaired) electrons. The third kappa shape index (κ3) is 5.41. The molecule has 1 N–H and O–H groups in total. The molecular weight excluding hydrogens is 785 g/mol. The minimum atomic E-state index is -0.602. The van der Waals surface area contributed by atoms with Crippen molar-refractivity contribution in [3.63, 3.8) is 0 Å². The van der Waals surface area contributed by atoms with Crippen LogP contribution in [0.3, 0.4) is 0 Å². The molecule has 10 aromatic rings. The number of rotatable bonds is 7. The summed E-state index contributed by atoms with van der Waals surface area (Å²) < 4.78 is 0. The van der Waals surface area contributed by atoms with E-state index < -0.39 is 10.8 Å². The molecule has 13 rings (SSSR count). The third-order valence-electron chi connectivity index (χ3n) is 14.4. The molecule has 0 aromatic heterocycles. The molecule has 0 saturated heterocycles. The van der Waals surface area contributed by atoms with Crippen LogP contribution in [0.15, 0.2) is 255 Å². The summed E-state index contributed by atoms with van der Waals surface area (Å²) in [5.41, 5.74) is 21.5. The van der Waals surface area contributed by atoms with Gasteiger partial charge in [-0.15, -0.1) is 0 Å². The fourth-order valence-electron chi connectivity index (χ4n) is 11.8. The van der Waals surface area contributed by atoms with Crippen LogP contribution < -0.4 is 10.2 Å². The van der Waals surface area contributed by atoms with Gasteiger partial charge < -0.3 is 10.2 Å². The van der Waals surface area contributed by atoms with E-state index in [-0.39, 0.29) is 6.17 Å². The van der Waals surface area contributed by atoms with Gasteiger partial charge in [0.25, 0.3) is 0 Å². The second-order valence-electron chi connectivity index (χ2n) is 17.6. The van der Waals surface area contributed by atoms with Gasteiger partial charge in [0.05, 0.1) is 22.2 Å². The fraction of sp³-hybridized carbons (Fsp3) is 0.0476. The van der Waals surface area contributed by atoms with E-state index in [1.165, 1.54) is 89.1 Å². The summed E-state index contributed by atoms with van der Waals surface area (Å²) >= 11 is 0. The molecule has 3 atom stereocenters. The molecule has 0 amide bonds. The number of anilines is 3. The maximum absolute atomic E-state index is 3.86. The molecule has 3 aliphatic rings. The van der Waals surface area contributed by atoms with Gasteiger partial charge in [0.1, 0.15) is 6.17 Å². The predicted octanol–water partition coefficient (Wildman–Crippen LogP) is 15.3. The van der Waals surface area contributed by atoms with Crippen LogP contribution in [0.2, 0.25) is 0 Å². The van der Waals surface area contributed by atoms with Crippen molar-refractivity contribution in [3.8, 4) is 33.4 Å². The molecule has 306 valence electrons. The predicted molar refractivity (Wildman–Crippen MR) is 268 cm³/mol. The SMILES string of the molecule is c1ccc(-c2ccc(N3c4ccccc4NC3c3ccc(-c4cccc(C5(c6ccccc6)c6ccccc6C6(c7ccccc7)c7ccccc7-c7cccc5c76)c4)cc3)cc2)cc1. The van der Waals surface area contributed by atoms with Gasteiger partial charge in [-0.2, -0.15) is 0 Å². The quantitative estimate of drug-likeness (QED) is 0.172. The van der Waals surface area contributed by atoms with Gasteiger partial charge in [-0.1, -0.05) is 224 Å². The minimum absolute atomic E-state index is 0.0652. The second-order valence-corrected chi connectivity index (χ2v) is 17.6. The zero-order chi connectivity index (χ0) is 43.0. The monoisotopic (exact) mass is 828 g/mol. The van der Waals surface area contributed by atoms with Crippen molar-refractivity contribution in [1.82, 2.24) is 0 Å². The lowest BCUT2D eigenvalue weighted by Crippen LogP contribution is -2.44. The Bertz CT molecular complexity index is 3400. The molecule has 2 heteroatoms. The number of hydrogen-bond donors (Lipinski definition) is 1. The molecule has 1 heterocycles. The highest BCUT2D eigenvalue weighted by Gasteiger charge is 2.57. The number of para-hydroxylation sites is 2. The topological polar surface area (TPSA) is 15.3 Å². The molecule has 2 aliphatic carbocycles. The van der Waals surface area contributed by atoms with Gasteiger partial charge in [-0.3, -0.25) is 0 Å². The van der Waals surface area contributed by atoms with Crippen molar-refractivity contribution in [2.45, 2.75) is 17.0 Å². The lowest BCUT2D eigenvalue weighted by molar-refractivity contribution is 0.627. The Morgan fingerprint density at radius 2 is 0.831 bits per heavy atom. The van der Waals surface area contributed by atoms with Crippen molar-refractivity contribution < 1.29 is 0 Å². The molecule has 0 saturated carbocycles. The Kier molecular flexibility index (Phi) is 8.44. The number of benzene rings is 10. The average molecular weight is 829 g/mol. The lowest BCUT2D eigenvalue weighted by atomic mass is 9.51. The number of fused-ring (bicyclic) bond motifs is 6. The van der Waals surface area contributed by atoms with E-state index in [9.17, 15) is 0 Å². The Balaban J connectivity index is 0.952. The van der Waals surface area contributed by atoms with Crippen LogP contribution in [0.5, 0.6) is 0 Å². The zero-order valence-electron chi connectivity index (χ0n) is 35.8. The third-order valence-corrected chi connectivity index (χ3v) is 14.4. The van der Waals surface area contributed by atoms with E-state index in [0.717, 1.165) is 11.4 Å². The standard InChI is InChI=1S/C63H44N2/c1-4-18-43(19-5-1)44-38-40-51(41-39-44)65-59-33-15-14-32-58(59)64-61(65)46-36-34-45(35-37-46)47-20-16-25-50(42-47)62(48-21-6-2-7-22-48)55-29-12-13-30-56(55)63(49-23-8-3-9-24-49)54-28-11-10-26-52(54)53-27-17-31-57(62)60(53)63/h1-42,61,64H. The summed E-state index contributed by atoms with van der Waals surface area (Å²) in [5.74, 6) is 0. The highest BCUT2D eigenvalue weighted by Crippen LogP contribution is 2.65. The summed E-state index contributed by atoms with van der Waals surface area (Å²) in [5, 5.41) is 3.86. The molecular formula is C63H44N2. The van der Waals surface area contributed by atoms with Crippen molar-refractivity contribution >= 4 is 17.1 Å². The van der Waals surface area contributed by atoms with E-state index in [1.807, 2.05) is 0 Å². The molecule has 0 spiro atoms. The molecule has 0 fully saturated rings. The Hall–Kier alpha value is -8.20. The lowest BCUT2D eigenvalue weighted by Gasteiger charge is -2.49. The van der Waals surface area contributed by atoms with Gasteiger partial charge in [-0.05, 0) is 114 Å². The van der Waals surface area contributed by atoms with Crippen molar-refractivity contribution in [2.24, 2.45) is 0 Å². The van der Waals surface area contributed by atoms with Crippen molar-refractivity contribution in [2.75, 3.05) is 10.2 Å². The first kappa shape index (κ1) is 37.4. The Labute approximate surface area is 380 Å². The van der Waals surface area contributed by atoms with E-state index in [2.05, 4.69) is 265 Å². The molecule has 1 aliphatic heterocycles. The fourth-order valence-corrected chi connectivity index (χ4v) is 11.8. The summed E-state index contributed by atoms with van der Waals surface area (Å²) in [6.45, 7) is 0. The molecule has 0 bridgehead atoms. The Morgan fingerprint density at radius 3 is 1.57 bits per heavy atom. The van der Waals surface area contributed by atoms with Gasteiger partial charge in [0, 0.05) is 5.69 Å². The van der Waals surface area contributed by atoms with Crippen molar-refractivity contribution in [3.05, 3.63) is 305 Å². The number of hydrogen-bond acceptors (Lipinski definition) is 2.